The maximum absolute atomic E-state index is 12.3. The van der Waals surface area contributed by atoms with Gasteiger partial charge in [0.05, 0.1) is 12.2 Å². The van der Waals surface area contributed by atoms with Crippen molar-refractivity contribution in [2.45, 2.75) is 20.0 Å². The van der Waals surface area contributed by atoms with Crippen molar-refractivity contribution in [3.05, 3.63) is 58.6 Å². The molecule has 0 saturated carbocycles. The molecule has 0 aliphatic carbocycles. The van der Waals surface area contributed by atoms with Gasteiger partial charge in [-0.1, -0.05) is 11.6 Å². The molecule has 0 bridgehead atoms. The van der Waals surface area contributed by atoms with E-state index in [9.17, 15) is 9.59 Å². The summed E-state index contributed by atoms with van der Waals surface area (Å²) in [5, 5.41) is 0.541. The number of hydrogen-bond donors (Lipinski definition) is 2. The average Bonchev–Trinajstić information content (AvgIpc) is 2.72. The molecule has 1 aliphatic heterocycles. The van der Waals surface area contributed by atoms with Crippen molar-refractivity contribution in [1.82, 2.24) is 10.9 Å². The smallest absolute Gasteiger partial charge is 0.279 e. The van der Waals surface area contributed by atoms with E-state index in [0.717, 1.165) is 5.75 Å². The molecule has 1 unspecified atom stereocenters. The number of carbonyl (C=O) groups excluding carboxylic acids is 2. The lowest BCUT2D eigenvalue weighted by atomic mass is 10.1. The second-order valence-electron chi connectivity index (χ2n) is 6.25. The van der Waals surface area contributed by atoms with E-state index in [1.807, 2.05) is 6.92 Å². The van der Waals surface area contributed by atoms with Gasteiger partial charge in [0.15, 0.2) is 6.10 Å². The van der Waals surface area contributed by atoms with Crippen molar-refractivity contribution < 1.29 is 23.8 Å². The van der Waals surface area contributed by atoms with Gasteiger partial charge < -0.3 is 14.2 Å². The van der Waals surface area contributed by atoms with Gasteiger partial charge in [0.25, 0.3) is 11.8 Å². The van der Waals surface area contributed by atoms with Gasteiger partial charge in [-0.05, 0) is 62.4 Å². The fourth-order valence-electron chi connectivity index (χ4n) is 2.62. The summed E-state index contributed by atoms with van der Waals surface area (Å²) in [5.74, 6) is 0.909. The summed E-state index contributed by atoms with van der Waals surface area (Å²) >= 11 is 5.97. The fraction of sp³-hybridized carbons (Fsp3) is 0.238. The van der Waals surface area contributed by atoms with Gasteiger partial charge in [0.1, 0.15) is 23.9 Å². The highest BCUT2D eigenvalue weighted by Crippen LogP contribution is 2.28. The van der Waals surface area contributed by atoms with Crippen molar-refractivity contribution >= 4 is 29.5 Å². The molecule has 0 spiro atoms. The third kappa shape index (κ3) is 5.42. The number of benzene rings is 2. The average molecular weight is 417 g/mol. The van der Waals surface area contributed by atoms with Crippen molar-refractivity contribution in [3.8, 4) is 17.2 Å². The Morgan fingerprint density at radius 3 is 2.59 bits per heavy atom. The molecule has 1 heterocycles. The molecule has 2 aromatic rings. The second kappa shape index (κ2) is 9.34. The molecule has 2 aromatic carbocycles. The van der Waals surface area contributed by atoms with Crippen LogP contribution < -0.4 is 25.1 Å². The van der Waals surface area contributed by atoms with E-state index in [1.54, 1.807) is 55.5 Å². The lowest BCUT2D eigenvalue weighted by Crippen LogP contribution is -2.48. The van der Waals surface area contributed by atoms with Gasteiger partial charge >= 0.3 is 0 Å². The van der Waals surface area contributed by atoms with E-state index < -0.39 is 17.9 Å². The summed E-state index contributed by atoms with van der Waals surface area (Å²) < 4.78 is 16.5. The number of nitrogens with one attached hydrogen (secondary N) is 2. The van der Waals surface area contributed by atoms with E-state index in [-0.39, 0.29) is 6.61 Å². The molecule has 152 valence electrons. The van der Waals surface area contributed by atoms with Crippen LogP contribution in [0.5, 0.6) is 17.2 Å². The van der Waals surface area contributed by atoms with Crippen LogP contribution in [0.2, 0.25) is 5.02 Å². The fourth-order valence-corrected chi connectivity index (χ4v) is 2.80. The largest absolute Gasteiger partial charge is 0.494 e. The van der Waals surface area contributed by atoms with Gasteiger partial charge in [-0.15, -0.1) is 0 Å². The quantitative estimate of drug-likeness (QED) is 0.706. The summed E-state index contributed by atoms with van der Waals surface area (Å²) in [6.45, 7) is 4.14. The number of amides is 2. The van der Waals surface area contributed by atoms with Crippen LogP contribution in [0.4, 0.5) is 0 Å². The minimum atomic E-state index is -0.815. The lowest BCUT2D eigenvalue weighted by molar-refractivity contribution is -0.131. The van der Waals surface area contributed by atoms with Gasteiger partial charge in [-0.3, -0.25) is 20.4 Å². The van der Waals surface area contributed by atoms with Crippen LogP contribution >= 0.6 is 11.6 Å². The normalized spacial score (nSPS) is 13.3. The molecule has 1 aliphatic rings. The predicted octanol–water partition coefficient (Wildman–Crippen LogP) is 3.13. The molecule has 3 rings (SSSR count). The van der Waals surface area contributed by atoms with Crippen LogP contribution in [0.15, 0.2) is 48.0 Å². The Labute approximate surface area is 173 Å². The third-order valence-electron chi connectivity index (χ3n) is 4.09. The molecule has 0 fully saturated rings. The first-order valence-corrected chi connectivity index (χ1v) is 9.46. The minimum absolute atomic E-state index is 0.0918. The third-order valence-corrected chi connectivity index (χ3v) is 4.33. The number of hydrogen-bond acceptors (Lipinski definition) is 5. The molecule has 2 amide bonds. The molecule has 1 atom stereocenters. The second-order valence-corrected chi connectivity index (χ2v) is 6.68. The highest BCUT2D eigenvalue weighted by atomic mass is 35.5. The highest BCUT2D eigenvalue weighted by molar-refractivity contribution is 6.30. The molecule has 0 aromatic heterocycles. The van der Waals surface area contributed by atoms with Crippen LogP contribution in [0.25, 0.3) is 6.08 Å². The van der Waals surface area contributed by atoms with Crippen LogP contribution in [0, 0.1) is 0 Å². The maximum atomic E-state index is 12.3. The van der Waals surface area contributed by atoms with Crippen molar-refractivity contribution in [1.29, 1.82) is 0 Å². The maximum Gasteiger partial charge on any atom is 0.279 e. The minimum Gasteiger partial charge on any atom is -0.494 e. The summed E-state index contributed by atoms with van der Waals surface area (Å²) in [6.07, 6.45) is 0.857. The Balaban J connectivity index is 1.52. The van der Waals surface area contributed by atoms with Crippen LogP contribution in [0.1, 0.15) is 19.4 Å². The van der Waals surface area contributed by atoms with Crippen LogP contribution in [-0.2, 0) is 9.59 Å². The molecular weight excluding hydrogens is 396 g/mol. The van der Waals surface area contributed by atoms with E-state index >= 15 is 0 Å². The van der Waals surface area contributed by atoms with Crippen LogP contribution in [0.3, 0.4) is 0 Å². The Bertz CT molecular complexity index is 927. The predicted molar refractivity (Wildman–Crippen MR) is 109 cm³/mol. The SMILES string of the molecule is CCOc1ccc(OC(C)C(=O)NNC(=O)C2=Cc3cc(Cl)ccc3OC2)cc1. The Hall–Kier alpha value is -3.19. The van der Waals surface area contributed by atoms with Crippen LogP contribution in [-0.4, -0.2) is 31.1 Å². The van der Waals surface area contributed by atoms with Crippen molar-refractivity contribution in [3.63, 3.8) is 0 Å². The molecule has 29 heavy (non-hydrogen) atoms. The highest BCUT2D eigenvalue weighted by Gasteiger charge is 2.20. The molecule has 0 saturated heterocycles. The van der Waals surface area contributed by atoms with E-state index in [0.29, 0.717) is 34.3 Å². The number of rotatable bonds is 6. The summed E-state index contributed by atoms with van der Waals surface area (Å²) in [7, 11) is 0. The summed E-state index contributed by atoms with van der Waals surface area (Å²) in [4.78, 5) is 24.5. The van der Waals surface area contributed by atoms with Gasteiger partial charge in [0, 0.05) is 10.6 Å². The zero-order chi connectivity index (χ0) is 20.8. The Kier molecular flexibility index (Phi) is 6.61. The van der Waals surface area contributed by atoms with Gasteiger partial charge in [-0.25, -0.2) is 0 Å². The monoisotopic (exact) mass is 416 g/mol. The summed E-state index contributed by atoms with van der Waals surface area (Å²) in [6, 6.07) is 12.1. The number of carbonyl (C=O) groups is 2. The number of ether oxygens (including phenoxy) is 3. The molecule has 7 nitrogen and oxygen atoms in total. The first kappa shape index (κ1) is 20.5. The molecule has 2 N–H and O–H groups in total. The zero-order valence-corrected chi connectivity index (χ0v) is 16.8. The number of fused-ring (bicyclic) bond motifs is 1. The Morgan fingerprint density at radius 1 is 1.14 bits per heavy atom. The van der Waals surface area contributed by atoms with Crippen molar-refractivity contribution in [2.75, 3.05) is 13.2 Å². The van der Waals surface area contributed by atoms with Gasteiger partial charge in [-0.2, -0.15) is 0 Å². The molecule has 8 heteroatoms. The first-order valence-electron chi connectivity index (χ1n) is 9.09. The number of hydrazine groups is 1. The van der Waals surface area contributed by atoms with Gasteiger partial charge in [0.2, 0.25) is 0 Å². The lowest BCUT2D eigenvalue weighted by Gasteiger charge is -2.19. The van der Waals surface area contributed by atoms with Crippen molar-refractivity contribution in [2.24, 2.45) is 0 Å². The zero-order valence-electron chi connectivity index (χ0n) is 16.0. The molecule has 0 radical (unpaired) electrons. The van der Waals surface area contributed by atoms with E-state index in [4.69, 9.17) is 25.8 Å². The van der Waals surface area contributed by atoms with E-state index in [1.165, 1.54) is 0 Å². The number of halogens is 1. The van der Waals surface area contributed by atoms with E-state index in [2.05, 4.69) is 10.9 Å². The Morgan fingerprint density at radius 2 is 1.86 bits per heavy atom. The summed E-state index contributed by atoms with van der Waals surface area (Å²) in [5.41, 5.74) is 5.79. The standard InChI is InChI=1S/C21H21ClN2O5/c1-3-27-17-5-7-18(8-6-17)29-13(2)20(25)23-24-21(26)15-10-14-11-16(22)4-9-19(14)28-12-15/h4-11,13H,3,12H2,1-2H3,(H,23,25)(H,24,26). The first-order chi connectivity index (χ1) is 14.0. The topological polar surface area (TPSA) is 85.9 Å². The molecular formula is C21H21ClN2O5.